The summed E-state index contributed by atoms with van der Waals surface area (Å²) in [6.45, 7) is 1.72. The van der Waals surface area contributed by atoms with Crippen LogP contribution in [0.5, 0.6) is 0 Å². The normalized spacial score (nSPS) is 27.8. The molecule has 3 aliphatic rings. The first kappa shape index (κ1) is 19.4. The van der Waals surface area contributed by atoms with Crippen molar-refractivity contribution in [3.05, 3.63) is 46.3 Å². The molecule has 3 unspecified atom stereocenters. The first-order valence-electron chi connectivity index (χ1n) is 10.4. The summed E-state index contributed by atoms with van der Waals surface area (Å²) in [4.78, 5) is 17.4. The van der Waals surface area contributed by atoms with Crippen LogP contribution < -0.4 is 0 Å². The van der Waals surface area contributed by atoms with Crippen LogP contribution in [0.2, 0.25) is 0 Å². The summed E-state index contributed by atoms with van der Waals surface area (Å²) in [5.74, 6) is 0.528. The van der Waals surface area contributed by atoms with E-state index in [0.29, 0.717) is 11.5 Å². The summed E-state index contributed by atoms with van der Waals surface area (Å²) < 4.78 is 26.2. The second kappa shape index (κ2) is 7.86. The number of carbonyl (C=O) groups excluding carboxylic acids is 1. The van der Waals surface area contributed by atoms with Gasteiger partial charge in [-0.3, -0.25) is 4.79 Å². The quantitative estimate of drug-likeness (QED) is 0.665. The van der Waals surface area contributed by atoms with E-state index in [1.165, 1.54) is 17.2 Å². The molecule has 3 saturated carbocycles. The van der Waals surface area contributed by atoms with E-state index in [1.54, 1.807) is 6.07 Å². The van der Waals surface area contributed by atoms with Crippen LogP contribution in [0.25, 0.3) is 5.57 Å². The summed E-state index contributed by atoms with van der Waals surface area (Å²) in [5.41, 5.74) is 3.99. The summed E-state index contributed by atoms with van der Waals surface area (Å²) >= 11 is 0. The number of pyridine rings is 1. The van der Waals surface area contributed by atoms with Gasteiger partial charge in [0.1, 0.15) is 11.5 Å². The number of aromatic nitrogens is 1. The van der Waals surface area contributed by atoms with E-state index in [4.69, 9.17) is 0 Å². The fourth-order valence-corrected chi connectivity index (χ4v) is 4.97. The molecule has 0 spiro atoms. The van der Waals surface area contributed by atoms with Crippen LogP contribution in [-0.2, 0) is 11.4 Å². The molecule has 1 heterocycles. The first-order valence-corrected chi connectivity index (χ1v) is 10.4. The molecule has 3 aliphatic carbocycles. The highest BCUT2D eigenvalue weighted by Gasteiger charge is 2.47. The molecule has 3 nitrogen and oxygen atoms in total. The number of fused-ring (bicyclic) bond motifs is 2. The van der Waals surface area contributed by atoms with E-state index in [1.807, 2.05) is 0 Å². The number of hydrogen-bond acceptors (Lipinski definition) is 3. The second-order valence-corrected chi connectivity index (χ2v) is 8.24. The maximum Gasteiger partial charge on any atom is 0.280 e. The van der Waals surface area contributed by atoms with Gasteiger partial charge in [-0.15, -0.1) is 0 Å². The molecule has 0 aliphatic heterocycles. The third-order valence-electron chi connectivity index (χ3n) is 6.42. The van der Waals surface area contributed by atoms with Gasteiger partial charge in [0, 0.05) is 11.5 Å². The van der Waals surface area contributed by atoms with Crippen LogP contribution in [0, 0.1) is 17.8 Å². The van der Waals surface area contributed by atoms with Crippen molar-refractivity contribution < 1.29 is 18.7 Å². The van der Waals surface area contributed by atoms with Gasteiger partial charge in [-0.25, -0.2) is 13.8 Å². The Labute approximate surface area is 164 Å². The fraction of sp³-hybridized carbons (Fsp3) is 0.565. The van der Waals surface area contributed by atoms with Gasteiger partial charge < -0.3 is 5.11 Å². The maximum absolute atomic E-state index is 13.4. The number of alkyl halides is 2. The largest absolute Gasteiger partial charge is 0.390 e. The molecule has 1 N–H and O–H groups in total. The van der Waals surface area contributed by atoms with Crippen LogP contribution in [0.1, 0.15) is 75.2 Å². The lowest BCUT2D eigenvalue weighted by Crippen LogP contribution is -2.31. The number of ketones is 1. The monoisotopic (exact) mass is 387 g/mol. The number of hydrogen-bond donors (Lipinski definition) is 1. The van der Waals surface area contributed by atoms with Crippen molar-refractivity contribution in [1.29, 1.82) is 0 Å². The molecule has 1 aromatic rings. The molecule has 0 radical (unpaired) electrons. The van der Waals surface area contributed by atoms with Crippen LogP contribution in [0.4, 0.5) is 8.78 Å². The molecular weight excluding hydrogens is 360 g/mol. The third kappa shape index (κ3) is 3.45. The van der Waals surface area contributed by atoms with Crippen molar-refractivity contribution in [3.63, 3.8) is 0 Å². The first-order chi connectivity index (χ1) is 13.5. The lowest BCUT2D eigenvalue weighted by molar-refractivity contribution is -0.125. The highest BCUT2D eigenvalue weighted by Crippen LogP contribution is 2.53. The van der Waals surface area contributed by atoms with Gasteiger partial charge >= 0.3 is 0 Å². The minimum atomic E-state index is -2.68. The van der Waals surface area contributed by atoms with Crippen LogP contribution in [0.3, 0.4) is 0 Å². The van der Waals surface area contributed by atoms with Crippen LogP contribution in [0.15, 0.2) is 29.4 Å². The number of allylic oxidation sites excluding steroid dienone is 4. The fourth-order valence-electron chi connectivity index (χ4n) is 4.97. The van der Waals surface area contributed by atoms with Gasteiger partial charge in [0.2, 0.25) is 0 Å². The Morgan fingerprint density at radius 2 is 2.04 bits per heavy atom. The Balaban J connectivity index is 1.82. The molecule has 0 aromatic carbocycles. The Hall–Kier alpha value is -1.88. The lowest BCUT2D eigenvalue weighted by atomic mass is 9.70. The van der Waals surface area contributed by atoms with Crippen LogP contribution >= 0.6 is 0 Å². The van der Waals surface area contributed by atoms with Gasteiger partial charge in [0.05, 0.1) is 18.2 Å². The standard InChI is InChI=1S/C23H27F2NO2/c1-2-3-4-16-14-7-8-15(11-14)22(28)21(16)20(13-5-6-13)17-9-10-18(23(24)25)26-19(17)12-27/h4,9-10,14-15,21,23,27H,2-3,5-8,11-12H2,1H3/b16-4+. The van der Waals surface area contributed by atoms with E-state index in [0.717, 1.165) is 50.5 Å². The minimum Gasteiger partial charge on any atom is -0.390 e. The number of aliphatic hydroxyl groups excluding tert-OH is 1. The molecule has 5 heteroatoms. The summed E-state index contributed by atoms with van der Waals surface area (Å²) in [6, 6.07) is 2.97. The molecule has 150 valence electrons. The van der Waals surface area contributed by atoms with Crippen molar-refractivity contribution in [2.45, 2.75) is 64.9 Å². The lowest BCUT2D eigenvalue weighted by Gasteiger charge is -2.33. The van der Waals surface area contributed by atoms with Crippen molar-refractivity contribution in [2.24, 2.45) is 17.8 Å². The molecule has 28 heavy (non-hydrogen) atoms. The zero-order chi connectivity index (χ0) is 19.8. The number of halogens is 2. The Morgan fingerprint density at radius 1 is 1.29 bits per heavy atom. The summed E-state index contributed by atoms with van der Waals surface area (Å²) in [7, 11) is 0. The number of carbonyl (C=O) groups is 1. The molecule has 1 aromatic heterocycles. The third-order valence-corrected chi connectivity index (χ3v) is 6.42. The molecule has 0 amide bonds. The van der Waals surface area contributed by atoms with E-state index in [9.17, 15) is 18.7 Å². The average molecular weight is 387 g/mol. The van der Waals surface area contributed by atoms with Crippen molar-refractivity contribution in [1.82, 2.24) is 4.98 Å². The van der Waals surface area contributed by atoms with E-state index < -0.39 is 13.0 Å². The molecular formula is C23H27F2NO2. The summed E-state index contributed by atoms with van der Waals surface area (Å²) in [5, 5.41) is 9.83. The number of Topliss-reactive ketones (excluding diaryl/α,β-unsaturated/α-hetero) is 1. The maximum atomic E-state index is 13.4. The minimum absolute atomic E-state index is 0.106. The van der Waals surface area contributed by atoms with Gasteiger partial charge in [0.25, 0.3) is 6.43 Å². The Kier molecular flexibility index (Phi) is 5.46. The predicted octanol–water partition coefficient (Wildman–Crippen LogP) is 5.40. The van der Waals surface area contributed by atoms with Crippen molar-refractivity contribution >= 4 is 11.4 Å². The van der Waals surface area contributed by atoms with Gasteiger partial charge in [0.15, 0.2) is 0 Å². The molecule has 3 fully saturated rings. The van der Waals surface area contributed by atoms with Crippen molar-refractivity contribution in [3.8, 4) is 0 Å². The highest BCUT2D eigenvalue weighted by molar-refractivity contribution is 6.00. The predicted molar refractivity (Wildman–Crippen MR) is 104 cm³/mol. The van der Waals surface area contributed by atoms with Crippen molar-refractivity contribution in [2.75, 3.05) is 0 Å². The average Bonchev–Trinajstić information content (AvgIpc) is 3.43. The SMILES string of the molecule is CCC/C=C1\C2CCC(C2)C(=O)C1C(=C1CC1)c1ccc(C(F)F)nc1CO. The molecule has 0 saturated heterocycles. The smallest absolute Gasteiger partial charge is 0.280 e. The van der Waals surface area contributed by atoms with E-state index >= 15 is 0 Å². The number of nitrogens with zero attached hydrogens (tertiary/aromatic N) is 1. The number of unbranched alkanes of at least 4 members (excludes halogenated alkanes) is 1. The highest BCUT2D eigenvalue weighted by atomic mass is 19.3. The van der Waals surface area contributed by atoms with Gasteiger partial charge in [-0.2, -0.15) is 0 Å². The topological polar surface area (TPSA) is 50.2 Å². The van der Waals surface area contributed by atoms with E-state index in [-0.39, 0.29) is 29.0 Å². The zero-order valence-corrected chi connectivity index (χ0v) is 16.3. The molecule has 3 atom stereocenters. The zero-order valence-electron chi connectivity index (χ0n) is 16.3. The molecule has 2 bridgehead atoms. The second-order valence-electron chi connectivity index (χ2n) is 8.24. The Bertz CT molecular complexity index is 837. The van der Waals surface area contributed by atoms with Crippen LogP contribution in [-0.4, -0.2) is 15.9 Å². The van der Waals surface area contributed by atoms with E-state index in [2.05, 4.69) is 18.0 Å². The Morgan fingerprint density at radius 3 is 2.68 bits per heavy atom. The number of rotatable bonds is 6. The van der Waals surface area contributed by atoms with Gasteiger partial charge in [-0.1, -0.05) is 36.6 Å². The number of aliphatic hydroxyl groups is 1. The summed E-state index contributed by atoms with van der Waals surface area (Å²) in [6.07, 6.45) is 6.34. The molecule has 4 rings (SSSR count). The van der Waals surface area contributed by atoms with Gasteiger partial charge in [-0.05, 0) is 56.1 Å².